The van der Waals surface area contributed by atoms with Gasteiger partial charge in [-0.3, -0.25) is 9.59 Å². The Morgan fingerprint density at radius 2 is 1.88 bits per heavy atom. The van der Waals surface area contributed by atoms with Crippen LogP contribution in [0.25, 0.3) is 11.1 Å². The van der Waals surface area contributed by atoms with Gasteiger partial charge in [-0.2, -0.15) is 23.1 Å². The molecule has 1 aromatic carbocycles. The van der Waals surface area contributed by atoms with Gasteiger partial charge in [0.25, 0.3) is 0 Å². The van der Waals surface area contributed by atoms with Crippen molar-refractivity contribution in [2.24, 2.45) is 5.41 Å². The largest absolute Gasteiger partial charge is 0.480 e. The molecule has 5 N–H and O–H groups in total. The van der Waals surface area contributed by atoms with Gasteiger partial charge in [0, 0.05) is 48.6 Å². The number of nitrogens with zero attached hydrogens (tertiary/aromatic N) is 3. The first kappa shape index (κ1) is 27.4. The van der Waals surface area contributed by atoms with Crippen LogP contribution in [-0.2, 0) is 4.79 Å². The molecule has 0 saturated carbocycles. The number of hydrogen-bond acceptors (Lipinski definition) is 8. The van der Waals surface area contributed by atoms with Crippen molar-refractivity contribution in [2.45, 2.75) is 44.5 Å². The molecule has 1 unspecified atom stereocenters. The Balaban J connectivity index is 1.33. The number of aromatic nitrogens is 3. The zero-order chi connectivity index (χ0) is 28.7. The van der Waals surface area contributed by atoms with E-state index < -0.39 is 24.3 Å². The van der Waals surface area contributed by atoms with E-state index in [9.17, 15) is 27.9 Å². The molecule has 0 amide bonds. The highest BCUT2D eigenvalue weighted by Gasteiger charge is 2.45. The van der Waals surface area contributed by atoms with E-state index in [0.717, 1.165) is 0 Å². The van der Waals surface area contributed by atoms with Crippen molar-refractivity contribution in [2.75, 3.05) is 30.3 Å². The molecule has 2 aliphatic heterocycles. The number of aromatic amines is 1. The summed E-state index contributed by atoms with van der Waals surface area (Å²) in [4.78, 5) is 35.5. The van der Waals surface area contributed by atoms with E-state index >= 15 is 0 Å². The fourth-order valence-corrected chi connectivity index (χ4v) is 5.51. The van der Waals surface area contributed by atoms with Crippen molar-refractivity contribution in [3.63, 3.8) is 0 Å². The first-order chi connectivity index (χ1) is 18.9. The van der Waals surface area contributed by atoms with Crippen LogP contribution in [0, 0.1) is 12.3 Å². The molecule has 5 rings (SSSR count). The number of nitrogens with two attached hydrogens (primary N) is 1. The van der Waals surface area contributed by atoms with Gasteiger partial charge in [0.15, 0.2) is 0 Å². The standard InChI is InChI=1S/C27H29F3N6O4/c1-15-18(6-7-21(37)33-15)16-2-4-17(5-3-16)23(27(28,29)30)40-22-12-20(34-25(31)35-22)36-10-8-26(9-11-36)13-19(24(38)39)32-14-26/h2-7,12,19,23,32H,8-11,13-14H2,1H3,(H,33,37)(H,38,39)(H2,31,34,35)/t19?,23-/m1/s1. The maximum atomic E-state index is 14.1. The number of benzene rings is 1. The average Bonchev–Trinajstić information content (AvgIpc) is 3.31. The molecule has 2 saturated heterocycles. The van der Waals surface area contributed by atoms with Gasteiger partial charge in [0.2, 0.25) is 23.5 Å². The fourth-order valence-electron chi connectivity index (χ4n) is 5.51. The Bertz CT molecular complexity index is 1450. The Morgan fingerprint density at radius 3 is 2.48 bits per heavy atom. The summed E-state index contributed by atoms with van der Waals surface area (Å²) in [5.41, 5.74) is 7.26. The normalized spacial score (nSPS) is 19.5. The predicted octanol–water partition coefficient (Wildman–Crippen LogP) is 3.44. The summed E-state index contributed by atoms with van der Waals surface area (Å²) in [6, 6.07) is 9.47. The van der Waals surface area contributed by atoms with Crippen LogP contribution in [0.5, 0.6) is 5.88 Å². The number of carboxylic acids is 1. The molecule has 2 atom stereocenters. The van der Waals surface area contributed by atoms with E-state index in [4.69, 9.17) is 10.5 Å². The van der Waals surface area contributed by atoms with E-state index in [1.54, 1.807) is 13.0 Å². The lowest BCUT2D eigenvalue weighted by Crippen LogP contribution is -2.41. The van der Waals surface area contributed by atoms with Crippen LogP contribution in [0.4, 0.5) is 24.9 Å². The highest BCUT2D eigenvalue weighted by Crippen LogP contribution is 2.41. The van der Waals surface area contributed by atoms with Gasteiger partial charge < -0.3 is 30.8 Å². The SMILES string of the molecule is Cc1[nH]c(=O)ccc1-c1ccc([C@@H](Oc2cc(N3CCC4(CC3)CNC(C(=O)O)C4)nc(N)n2)C(F)(F)F)cc1. The van der Waals surface area contributed by atoms with Crippen molar-refractivity contribution in [3.8, 4) is 17.0 Å². The van der Waals surface area contributed by atoms with Crippen LogP contribution in [0.1, 0.15) is 36.6 Å². The van der Waals surface area contributed by atoms with Crippen LogP contribution >= 0.6 is 0 Å². The molecule has 2 fully saturated rings. The lowest BCUT2D eigenvalue weighted by Gasteiger charge is -2.39. The monoisotopic (exact) mass is 558 g/mol. The minimum absolute atomic E-state index is 0.126. The molecule has 13 heteroatoms. The number of pyridine rings is 1. The molecule has 2 aromatic heterocycles. The molecule has 0 aliphatic carbocycles. The molecule has 10 nitrogen and oxygen atoms in total. The van der Waals surface area contributed by atoms with Crippen molar-refractivity contribution in [1.29, 1.82) is 0 Å². The number of nitrogen functional groups attached to an aromatic ring is 1. The summed E-state index contributed by atoms with van der Waals surface area (Å²) in [5, 5.41) is 12.4. The van der Waals surface area contributed by atoms with Gasteiger partial charge in [0.1, 0.15) is 11.9 Å². The number of carbonyl (C=O) groups is 1. The molecule has 4 heterocycles. The van der Waals surface area contributed by atoms with Gasteiger partial charge in [-0.1, -0.05) is 24.3 Å². The maximum Gasteiger partial charge on any atom is 0.429 e. The molecule has 0 bridgehead atoms. The topological polar surface area (TPSA) is 146 Å². The lowest BCUT2D eigenvalue weighted by molar-refractivity contribution is -0.198. The molecule has 0 radical (unpaired) electrons. The maximum absolute atomic E-state index is 14.1. The molecular weight excluding hydrogens is 529 g/mol. The number of H-pyrrole nitrogens is 1. The number of anilines is 2. The van der Waals surface area contributed by atoms with E-state index in [-0.39, 0.29) is 28.4 Å². The number of halogens is 3. The van der Waals surface area contributed by atoms with E-state index in [0.29, 0.717) is 61.5 Å². The summed E-state index contributed by atoms with van der Waals surface area (Å²) in [6.07, 6.45) is -5.11. The van der Waals surface area contributed by atoms with Crippen LogP contribution in [0.15, 0.2) is 47.3 Å². The van der Waals surface area contributed by atoms with E-state index in [2.05, 4.69) is 20.3 Å². The van der Waals surface area contributed by atoms with Gasteiger partial charge in [-0.25, -0.2) is 0 Å². The number of alkyl halides is 3. The second-order valence-corrected chi connectivity index (χ2v) is 10.4. The Hall–Kier alpha value is -4.13. The number of piperidine rings is 1. The summed E-state index contributed by atoms with van der Waals surface area (Å²) < 4.78 is 47.8. The summed E-state index contributed by atoms with van der Waals surface area (Å²) in [6.45, 7) is 3.39. The number of ether oxygens (including phenoxy) is 1. The number of aliphatic carboxylic acids is 1. The quantitative estimate of drug-likeness (QED) is 0.357. The van der Waals surface area contributed by atoms with Crippen molar-refractivity contribution in [3.05, 3.63) is 64.1 Å². The summed E-state index contributed by atoms with van der Waals surface area (Å²) in [7, 11) is 0. The molecule has 212 valence electrons. The third-order valence-electron chi connectivity index (χ3n) is 7.69. The molecule has 3 aromatic rings. The lowest BCUT2D eigenvalue weighted by atomic mass is 9.76. The second kappa shape index (κ2) is 10.5. The third kappa shape index (κ3) is 5.74. The van der Waals surface area contributed by atoms with Gasteiger partial charge in [-0.15, -0.1) is 0 Å². The molecular formula is C27H29F3N6O4. The summed E-state index contributed by atoms with van der Waals surface area (Å²) in [5.74, 6) is -1.04. The minimum atomic E-state index is -4.75. The van der Waals surface area contributed by atoms with Crippen molar-refractivity contribution >= 4 is 17.7 Å². The van der Waals surface area contributed by atoms with Gasteiger partial charge >= 0.3 is 12.1 Å². The summed E-state index contributed by atoms with van der Waals surface area (Å²) >= 11 is 0. The van der Waals surface area contributed by atoms with Gasteiger partial charge in [0.05, 0.1) is 0 Å². The molecule has 1 spiro atoms. The number of rotatable bonds is 6. The van der Waals surface area contributed by atoms with E-state index in [1.165, 1.54) is 36.4 Å². The van der Waals surface area contributed by atoms with E-state index in [1.807, 2.05) is 4.90 Å². The number of hydrogen-bond donors (Lipinski definition) is 4. The van der Waals surface area contributed by atoms with Crippen LogP contribution in [0.2, 0.25) is 0 Å². The first-order valence-electron chi connectivity index (χ1n) is 12.8. The highest BCUT2D eigenvalue weighted by atomic mass is 19.4. The predicted molar refractivity (Wildman–Crippen MR) is 141 cm³/mol. The Labute approximate surface area is 227 Å². The Morgan fingerprint density at radius 1 is 1.18 bits per heavy atom. The minimum Gasteiger partial charge on any atom is -0.480 e. The van der Waals surface area contributed by atoms with Crippen molar-refractivity contribution in [1.82, 2.24) is 20.3 Å². The molecule has 2 aliphatic rings. The van der Waals surface area contributed by atoms with Gasteiger partial charge in [-0.05, 0) is 43.2 Å². The average molecular weight is 559 g/mol. The van der Waals surface area contributed by atoms with Crippen LogP contribution in [-0.4, -0.2) is 57.9 Å². The first-order valence-corrected chi connectivity index (χ1v) is 12.8. The highest BCUT2D eigenvalue weighted by molar-refractivity contribution is 5.74. The fraction of sp³-hybridized carbons (Fsp3) is 0.407. The zero-order valence-corrected chi connectivity index (χ0v) is 21.7. The van der Waals surface area contributed by atoms with Crippen molar-refractivity contribution < 1.29 is 27.8 Å². The number of aryl methyl sites for hydroxylation is 1. The van der Waals surface area contributed by atoms with Crippen LogP contribution in [0.3, 0.4) is 0 Å². The smallest absolute Gasteiger partial charge is 0.429 e. The Kier molecular flexibility index (Phi) is 7.17. The third-order valence-corrected chi connectivity index (χ3v) is 7.69. The zero-order valence-electron chi connectivity index (χ0n) is 21.7. The molecule has 40 heavy (non-hydrogen) atoms. The number of nitrogens with one attached hydrogen (secondary N) is 2. The van der Waals surface area contributed by atoms with Crippen LogP contribution < -0.4 is 26.2 Å². The second-order valence-electron chi connectivity index (χ2n) is 10.4. The number of carboxylic acid groups (broad SMARTS) is 1.